The van der Waals surface area contributed by atoms with Crippen LogP contribution in [0, 0.1) is 0 Å². The summed E-state index contributed by atoms with van der Waals surface area (Å²) < 4.78 is 16.6. The first-order valence-corrected chi connectivity index (χ1v) is 12.1. The summed E-state index contributed by atoms with van der Waals surface area (Å²) in [4.78, 5) is 25.3. The SMILES string of the molecule is COc1cc(C=NNC(=O)c2ccccc2OCc2ccccc2)ccc1OC(=O)c1ccc(Cl)cc1Cl. The minimum absolute atomic E-state index is 0.166. The molecule has 0 aromatic heterocycles. The van der Waals surface area contributed by atoms with Gasteiger partial charge in [0, 0.05) is 5.02 Å². The Bertz CT molecular complexity index is 1480. The number of halogens is 2. The second-order valence-corrected chi connectivity index (χ2v) is 8.74. The number of hydrazone groups is 1. The van der Waals surface area contributed by atoms with Crippen LogP contribution in [-0.4, -0.2) is 25.2 Å². The van der Waals surface area contributed by atoms with Gasteiger partial charge in [-0.1, -0.05) is 65.7 Å². The van der Waals surface area contributed by atoms with Crippen molar-refractivity contribution in [1.82, 2.24) is 5.43 Å². The number of methoxy groups -OCH3 is 1. The van der Waals surface area contributed by atoms with E-state index in [-0.39, 0.29) is 16.3 Å². The molecule has 0 unspecified atom stereocenters. The maximum atomic E-state index is 12.7. The number of amides is 1. The van der Waals surface area contributed by atoms with E-state index >= 15 is 0 Å². The minimum Gasteiger partial charge on any atom is -0.493 e. The molecule has 0 saturated heterocycles. The van der Waals surface area contributed by atoms with Crippen LogP contribution in [0.15, 0.2) is 96.1 Å². The van der Waals surface area contributed by atoms with Crippen molar-refractivity contribution in [1.29, 1.82) is 0 Å². The van der Waals surface area contributed by atoms with Crippen molar-refractivity contribution in [3.8, 4) is 17.2 Å². The minimum atomic E-state index is -0.660. The highest BCUT2D eigenvalue weighted by molar-refractivity contribution is 6.36. The molecule has 0 aliphatic heterocycles. The van der Waals surface area contributed by atoms with Crippen molar-refractivity contribution in [3.05, 3.63) is 123 Å². The van der Waals surface area contributed by atoms with Crippen molar-refractivity contribution in [2.45, 2.75) is 6.61 Å². The number of carbonyl (C=O) groups is 2. The van der Waals surface area contributed by atoms with Crippen LogP contribution < -0.4 is 19.6 Å². The average Bonchev–Trinajstić information content (AvgIpc) is 2.93. The Balaban J connectivity index is 1.40. The van der Waals surface area contributed by atoms with E-state index in [0.717, 1.165) is 5.56 Å². The molecule has 7 nitrogen and oxygen atoms in total. The summed E-state index contributed by atoms with van der Waals surface area (Å²) in [7, 11) is 1.44. The van der Waals surface area contributed by atoms with E-state index < -0.39 is 11.9 Å². The van der Waals surface area contributed by atoms with Gasteiger partial charge in [-0.15, -0.1) is 0 Å². The van der Waals surface area contributed by atoms with E-state index in [1.807, 2.05) is 30.3 Å². The number of rotatable bonds is 9. The standard InChI is InChI=1S/C29H22Cl2N2O5/c1-36-27-15-20(11-14-26(27)38-29(35)22-13-12-21(30)16-24(22)31)17-32-33-28(34)23-9-5-6-10-25(23)37-18-19-7-3-2-4-8-19/h2-17H,18H2,1H3,(H,33,34). The van der Waals surface area contributed by atoms with E-state index in [1.54, 1.807) is 48.5 Å². The third-order valence-electron chi connectivity index (χ3n) is 5.29. The smallest absolute Gasteiger partial charge is 0.345 e. The second-order valence-electron chi connectivity index (χ2n) is 7.89. The molecule has 0 saturated carbocycles. The van der Waals surface area contributed by atoms with Gasteiger partial charge in [-0.3, -0.25) is 4.79 Å². The maximum Gasteiger partial charge on any atom is 0.345 e. The van der Waals surface area contributed by atoms with Gasteiger partial charge in [0.25, 0.3) is 5.91 Å². The highest BCUT2D eigenvalue weighted by Crippen LogP contribution is 2.30. The van der Waals surface area contributed by atoms with Crippen LogP contribution in [0.25, 0.3) is 0 Å². The summed E-state index contributed by atoms with van der Waals surface area (Å²) in [6.07, 6.45) is 1.44. The molecular weight excluding hydrogens is 527 g/mol. The molecule has 4 rings (SSSR count). The highest BCUT2D eigenvalue weighted by atomic mass is 35.5. The zero-order chi connectivity index (χ0) is 26.9. The van der Waals surface area contributed by atoms with Crippen LogP contribution in [0.1, 0.15) is 31.8 Å². The lowest BCUT2D eigenvalue weighted by molar-refractivity contribution is 0.0729. The summed E-state index contributed by atoms with van der Waals surface area (Å²) in [5, 5.41) is 4.62. The molecule has 0 heterocycles. The van der Waals surface area contributed by atoms with Gasteiger partial charge in [0.1, 0.15) is 12.4 Å². The fourth-order valence-electron chi connectivity index (χ4n) is 3.40. The highest BCUT2D eigenvalue weighted by Gasteiger charge is 2.16. The molecule has 9 heteroatoms. The number of hydrogen-bond donors (Lipinski definition) is 1. The van der Waals surface area contributed by atoms with Gasteiger partial charge in [0.15, 0.2) is 11.5 Å². The van der Waals surface area contributed by atoms with Crippen LogP contribution in [0.2, 0.25) is 10.0 Å². The lowest BCUT2D eigenvalue weighted by Crippen LogP contribution is -2.18. The van der Waals surface area contributed by atoms with Gasteiger partial charge in [-0.2, -0.15) is 5.10 Å². The Labute approximate surface area is 229 Å². The number of nitrogens with one attached hydrogen (secondary N) is 1. The van der Waals surface area contributed by atoms with Crippen molar-refractivity contribution in [2.24, 2.45) is 5.10 Å². The fraction of sp³-hybridized carbons (Fsp3) is 0.0690. The lowest BCUT2D eigenvalue weighted by Gasteiger charge is -2.11. The molecule has 1 N–H and O–H groups in total. The normalized spacial score (nSPS) is 10.7. The Morgan fingerprint density at radius 2 is 1.61 bits per heavy atom. The number of para-hydroxylation sites is 1. The van der Waals surface area contributed by atoms with Crippen LogP contribution in [0.3, 0.4) is 0 Å². The Morgan fingerprint density at radius 3 is 2.37 bits per heavy atom. The first-order valence-electron chi connectivity index (χ1n) is 11.4. The van der Waals surface area contributed by atoms with E-state index in [2.05, 4.69) is 10.5 Å². The van der Waals surface area contributed by atoms with E-state index in [9.17, 15) is 9.59 Å². The van der Waals surface area contributed by atoms with Gasteiger partial charge < -0.3 is 14.2 Å². The summed E-state index contributed by atoms with van der Waals surface area (Å²) in [5.74, 6) is -0.167. The molecule has 0 aliphatic rings. The van der Waals surface area contributed by atoms with Crippen molar-refractivity contribution < 1.29 is 23.8 Å². The van der Waals surface area contributed by atoms with E-state index in [4.69, 9.17) is 37.4 Å². The van der Waals surface area contributed by atoms with Crippen LogP contribution >= 0.6 is 23.2 Å². The Morgan fingerprint density at radius 1 is 0.842 bits per heavy atom. The predicted octanol–water partition coefficient (Wildman–Crippen LogP) is 6.56. The summed E-state index contributed by atoms with van der Waals surface area (Å²) in [6.45, 7) is 0.329. The summed E-state index contributed by atoms with van der Waals surface area (Å²) >= 11 is 12.0. The quantitative estimate of drug-likeness (QED) is 0.111. The molecular formula is C29H22Cl2N2O5. The number of esters is 1. The molecule has 0 aliphatic carbocycles. The number of benzene rings is 4. The monoisotopic (exact) mass is 548 g/mol. The topological polar surface area (TPSA) is 86.2 Å². The molecule has 192 valence electrons. The first-order chi connectivity index (χ1) is 18.4. The number of hydrogen-bond acceptors (Lipinski definition) is 6. The van der Waals surface area contributed by atoms with Gasteiger partial charge in [0.2, 0.25) is 0 Å². The third-order valence-corrected chi connectivity index (χ3v) is 5.84. The number of carbonyl (C=O) groups excluding carboxylic acids is 2. The van der Waals surface area contributed by atoms with Crippen LogP contribution in [0.5, 0.6) is 17.2 Å². The zero-order valence-electron chi connectivity index (χ0n) is 20.2. The molecule has 1 amide bonds. The van der Waals surface area contributed by atoms with Crippen molar-refractivity contribution in [3.63, 3.8) is 0 Å². The van der Waals surface area contributed by atoms with Gasteiger partial charge in [0.05, 0.1) is 29.5 Å². The average molecular weight is 549 g/mol. The number of ether oxygens (including phenoxy) is 3. The largest absolute Gasteiger partial charge is 0.493 e. The third kappa shape index (κ3) is 6.91. The molecule has 0 bridgehead atoms. The molecule has 0 spiro atoms. The van der Waals surface area contributed by atoms with Crippen molar-refractivity contribution in [2.75, 3.05) is 7.11 Å². The lowest BCUT2D eigenvalue weighted by atomic mass is 10.2. The van der Waals surface area contributed by atoms with Crippen LogP contribution in [0.4, 0.5) is 0 Å². The molecule has 0 fully saturated rings. The predicted molar refractivity (Wildman–Crippen MR) is 147 cm³/mol. The van der Waals surface area contributed by atoms with E-state index in [1.165, 1.54) is 25.5 Å². The maximum absolute atomic E-state index is 12.7. The second kappa shape index (κ2) is 12.8. The Hall–Kier alpha value is -4.33. The first kappa shape index (κ1) is 26.7. The van der Waals surface area contributed by atoms with Crippen LogP contribution in [-0.2, 0) is 6.61 Å². The Kier molecular flexibility index (Phi) is 8.98. The van der Waals surface area contributed by atoms with Crippen molar-refractivity contribution >= 4 is 41.3 Å². The van der Waals surface area contributed by atoms with Gasteiger partial charge >= 0.3 is 5.97 Å². The zero-order valence-corrected chi connectivity index (χ0v) is 21.7. The molecule has 4 aromatic carbocycles. The molecule has 0 atom stereocenters. The van der Waals surface area contributed by atoms with Gasteiger partial charge in [-0.05, 0) is 59.7 Å². The van der Waals surface area contributed by atoms with E-state index in [0.29, 0.717) is 34.3 Å². The summed E-state index contributed by atoms with van der Waals surface area (Å²) in [5.41, 5.74) is 4.60. The van der Waals surface area contributed by atoms with Gasteiger partial charge in [-0.25, -0.2) is 10.2 Å². The molecule has 38 heavy (non-hydrogen) atoms. The summed E-state index contributed by atoms with van der Waals surface area (Å²) in [6, 6.07) is 25.9. The molecule has 4 aromatic rings. The molecule has 0 radical (unpaired) electrons. The number of nitrogens with zero attached hydrogens (tertiary/aromatic N) is 1. The fourth-order valence-corrected chi connectivity index (χ4v) is 3.89.